The third kappa shape index (κ3) is 8.83. The Labute approximate surface area is 271 Å². The SMILES string of the molecule is Oc1cccc2ccc(CNCCN3CCNCc4ccccc4OCc4cccc(c4)COc4ccccc4CNCC3)nc12. The van der Waals surface area contributed by atoms with Gasteiger partial charge in [-0.2, -0.15) is 0 Å². The van der Waals surface area contributed by atoms with E-state index in [0.717, 1.165) is 97.2 Å². The van der Waals surface area contributed by atoms with E-state index in [4.69, 9.17) is 9.47 Å². The van der Waals surface area contributed by atoms with Gasteiger partial charge in [-0.3, -0.25) is 4.90 Å². The Morgan fingerprint density at radius 2 is 1.35 bits per heavy atom. The van der Waals surface area contributed by atoms with Crippen LogP contribution in [0.2, 0.25) is 0 Å². The van der Waals surface area contributed by atoms with Crippen molar-refractivity contribution in [1.29, 1.82) is 0 Å². The van der Waals surface area contributed by atoms with Crippen LogP contribution in [0.5, 0.6) is 17.2 Å². The first kappa shape index (κ1) is 31.5. The molecule has 0 radical (unpaired) electrons. The molecule has 2 bridgehead atoms. The minimum Gasteiger partial charge on any atom is -0.506 e. The highest BCUT2D eigenvalue weighted by Gasteiger charge is 2.10. The van der Waals surface area contributed by atoms with E-state index in [2.05, 4.69) is 74.4 Å². The van der Waals surface area contributed by atoms with Crippen LogP contribution in [0.15, 0.2) is 103 Å². The molecule has 6 rings (SSSR count). The van der Waals surface area contributed by atoms with Gasteiger partial charge in [0.25, 0.3) is 0 Å². The Hall–Kier alpha value is -4.47. The molecule has 46 heavy (non-hydrogen) atoms. The molecule has 5 aromatic rings. The molecule has 1 aromatic heterocycles. The van der Waals surface area contributed by atoms with E-state index in [9.17, 15) is 5.11 Å². The summed E-state index contributed by atoms with van der Waals surface area (Å²) in [4.78, 5) is 7.13. The summed E-state index contributed by atoms with van der Waals surface area (Å²) in [7, 11) is 0. The van der Waals surface area contributed by atoms with E-state index in [0.29, 0.717) is 25.3 Å². The molecule has 8 heteroatoms. The summed E-state index contributed by atoms with van der Waals surface area (Å²) in [6.07, 6.45) is 0. The van der Waals surface area contributed by atoms with E-state index in [1.807, 2.05) is 48.5 Å². The number of fused-ring (bicyclic) bond motifs is 5. The Kier molecular flexibility index (Phi) is 11.1. The van der Waals surface area contributed by atoms with Gasteiger partial charge in [0, 0.05) is 75.4 Å². The minimum atomic E-state index is 0.214. The number of para-hydroxylation sites is 3. The smallest absolute Gasteiger partial charge is 0.141 e. The van der Waals surface area contributed by atoms with Crippen LogP contribution >= 0.6 is 0 Å². The highest BCUT2D eigenvalue weighted by molar-refractivity contribution is 5.84. The number of phenolic OH excluding ortho intramolecular Hbond substituents is 1. The maximum atomic E-state index is 10.2. The first-order valence-electron chi connectivity index (χ1n) is 16.1. The lowest BCUT2D eigenvalue weighted by Gasteiger charge is -2.23. The number of benzene rings is 4. The number of phenols is 1. The largest absolute Gasteiger partial charge is 0.506 e. The zero-order chi connectivity index (χ0) is 31.4. The van der Waals surface area contributed by atoms with Gasteiger partial charge in [0.2, 0.25) is 0 Å². The zero-order valence-electron chi connectivity index (χ0n) is 26.3. The highest BCUT2D eigenvalue weighted by atomic mass is 16.5. The summed E-state index contributed by atoms with van der Waals surface area (Å²) >= 11 is 0. The Morgan fingerprint density at radius 1 is 0.717 bits per heavy atom. The molecule has 0 spiro atoms. The number of ether oxygens (including phenoxy) is 2. The molecule has 4 N–H and O–H groups in total. The van der Waals surface area contributed by atoms with Gasteiger partial charge in [-0.1, -0.05) is 72.8 Å². The van der Waals surface area contributed by atoms with Gasteiger partial charge in [-0.05, 0) is 41.5 Å². The van der Waals surface area contributed by atoms with E-state index >= 15 is 0 Å². The zero-order valence-corrected chi connectivity index (χ0v) is 26.3. The maximum Gasteiger partial charge on any atom is 0.141 e. The van der Waals surface area contributed by atoms with Crippen LogP contribution in [0, 0.1) is 0 Å². The van der Waals surface area contributed by atoms with E-state index in [1.165, 1.54) is 0 Å². The van der Waals surface area contributed by atoms with E-state index in [1.54, 1.807) is 6.07 Å². The number of aromatic nitrogens is 1. The molecule has 238 valence electrons. The van der Waals surface area contributed by atoms with Gasteiger partial charge in [-0.25, -0.2) is 4.98 Å². The summed E-state index contributed by atoms with van der Waals surface area (Å²) < 4.78 is 12.6. The van der Waals surface area contributed by atoms with Crippen molar-refractivity contribution in [2.45, 2.75) is 32.8 Å². The average molecular weight is 618 g/mol. The number of hydrogen-bond donors (Lipinski definition) is 4. The molecule has 1 aliphatic rings. The molecule has 0 aliphatic carbocycles. The summed E-state index contributed by atoms with van der Waals surface area (Å²) in [6, 6.07) is 34.5. The lowest BCUT2D eigenvalue weighted by Crippen LogP contribution is -2.40. The van der Waals surface area contributed by atoms with Crippen LogP contribution < -0.4 is 25.4 Å². The van der Waals surface area contributed by atoms with Crippen LogP contribution in [-0.4, -0.2) is 54.3 Å². The van der Waals surface area contributed by atoms with Gasteiger partial charge >= 0.3 is 0 Å². The van der Waals surface area contributed by atoms with Crippen molar-refractivity contribution in [3.63, 3.8) is 0 Å². The van der Waals surface area contributed by atoms with Crippen molar-refractivity contribution >= 4 is 10.9 Å². The number of rotatable bonds is 5. The van der Waals surface area contributed by atoms with E-state index in [-0.39, 0.29) is 5.75 Å². The maximum absolute atomic E-state index is 10.2. The molecule has 2 heterocycles. The lowest BCUT2D eigenvalue weighted by molar-refractivity contribution is 0.269. The number of nitrogens with one attached hydrogen (secondary N) is 3. The molecular weight excluding hydrogens is 574 g/mol. The highest BCUT2D eigenvalue weighted by Crippen LogP contribution is 2.23. The predicted molar refractivity (Wildman–Crippen MR) is 183 cm³/mol. The average Bonchev–Trinajstić information content (AvgIpc) is 3.09. The van der Waals surface area contributed by atoms with Crippen molar-refractivity contribution < 1.29 is 14.6 Å². The topological polar surface area (TPSA) is 90.9 Å². The second-order valence-electron chi connectivity index (χ2n) is 11.6. The van der Waals surface area contributed by atoms with Crippen LogP contribution in [-0.2, 0) is 32.8 Å². The standard InChI is InChI=1S/C38H43N5O3/c44-35-12-6-11-31-15-16-34(42-38(31)35)26-41-19-22-43-20-17-39-24-32-9-1-3-13-36(32)45-27-29-7-5-8-30(23-29)28-46-37-14-4-2-10-33(37)25-40-18-21-43/h1-16,23,39-41,44H,17-22,24-28H2. The summed E-state index contributed by atoms with van der Waals surface area (Å²) in [5.41, 5.74) is 6.09. The molecule has 1 aliphatic heterocycles. The fourth-order valence-corrected chi connectivity index (χ4v) is 5.69. The normalized spacial score (nSPS) is 15.2. The molecule has 0 unspecified atom stereocenters. The third-order valence-electron chi connectivity index (χ3n) is 8.23. The molecule has 8 nitrogen and oxygen atoms in total. The van der Waals surface area contributed by atoms with Crippen LogP contribution in [0.4, 0.5) is 0 Å². The Balaban J connectivity index is 1.09. The second-order valence-corrected chi connectivity index (χ2v) is 11.6. The van der Waals surface area contributed by atoms with Crippen LogP contribution in [0.3, 0.4) is 0 Å². The molecule has 0 atom stereocenters. The van der Waals surface area contributed by atoms with Gasteiger partial charge in [0.15, 0.2) is 0 Å². The first-order valence-corrected chi connectivity index (χ1v) is 16.1. The first-order chi connectivity index (χ1) is 22.7. The fourth-order valence-electron chi connectivity index (χ4n) is 5.69. The Bertz CT molecular complexity index is 1640. The molecule has 0 saturated heterocycles. The summed E-state index contributed by atoms with van der Waals surface area (Å²) in [6.45, 7) is 8.42. The number of aromatic hydroxyl groups is 1. The quantitative estimate of drug-likeness (QED) is 0.196. The summed E-state index contributed by atoms with van der Waals surface area (Å²) in [5.74, 6) is 2.02. The van der Waals surface area contributed by atoms with Crippen molar-refractivity contribution in [2.24, 2.45) is 0 Å². The number of nitrogens with zero attached hydrogens (tertiary/aromatic N) is 2. The van der Waals surface area contributed by atoms with Gasteiger partial charge in [0.05, 0.1) is 5.69 Å². The van der Waals surface area contributed by atoms with Gasteiger partial charge in [-0.15, -0.1) is 0 Å². The van der Waals surface area contributed by atoms with Crippen LogP contribution in [0.25, 0.3) is 10.9 Å². The van der Waals surface area contributed by atoms with Gasteiger partial charge in [0.1, 0.15) is 36.0 Å². The van der Waals surface area contributed by atoms with Gasteiger partial charge < -0.3 is 30.5 Å². The molecular formula is C38H43N5O3. The Morgan fingerprint density at radius 3 is 2.02 bits per heavy atom. The van der Waals surface area contributed by atoms with Crippen molar-refractivity contribution in [2.75, 3.05) is 39.3 Å². The summed E-state index contributed by atoms with van der Waals surface area (Å²) in [5, 5.41) is 22.0. The third-order valence-corrected chi connectivity index (χ3v) is 8.23. The van der Waals surface area contributed by atoms with Crippen LogP contribution in [0.1, 0.15) is 27.9 Å². The second kappa shape index (κ2) is 16.2. The molecule has 4 aromatic carbocycles. The minimum absolute atomic E-state index is 0.214. The molecule has 0 amide bonds. The predicted octanol–water partition coefficient (Wildman–Crippen LogP) is 5.38. The van der Waals surface area contributed by atoms with Crippen molar-refractivity contribution in [1.82, 2.24) is 25.8 Å². The molecule has 0 fully saturated rings. The number of pyridine rings is 1. The van der Waals surface area contributed by atoms with E-state index < -0.39 is 0 Å². The lowest BCUT2D eigenvalue weighted by atomic mass is 10.1. The fraction of sp³-hybridized carbons (Fsp3) is 0.289. The monoisotopic (exact) mass is 617 g/mol. The number of hydrogen-bond acceptors (Lipinski definition) is 8. The molecule has 0 saturated carbocycles. The van der Waals surface area contributed by atoms with Crippen molar-refractivity contribution in [3.8, 4) is 17.2 Å². The van der Waals surface area contributed by atoms with Crippen molar-refractivity contribution in [3.05, 3.63) is 131 Å².